The molecule has 0 aromatic rings. The first-order valence-corrected chi connectivity index (χ1v) is 7.77. The van der Waals surface area contributed by atoms with Crippen molar-refractivity contribution in [3.63, 3.8) is 0 Å². The molecule has 106 valence electrons. The van der Waals surface area contributed by atoms with Crippen molar-refractivity contribution in [3.05, 3.63) is 0 Å². The lowest BCUT2D eigenvalue weighted by molar-refractivity contribution is 0.107. The number of ether oxygens (including phenoxy) is 1. The summed E-state index contributed by atoms with van der Waals surface area (Å²) in [6.45, 7) is 6.91. The van der Waals surface area contributed by atoms with Gasteiger partial charge in [0.15, 0.2) is 0 Å². The lowest BCUT2D eigenvalue weighted by atomic mass is 9.77. The Bertz CT molecular complexity index is 217. The van der Waals surface area contributed by atoms with E-state index < -0.39 is 0 Å². The minimum Gasteiger partial charge on any atom is -0.383 e. The minimum absolute atomic E-state index is 0.771. The number of hydrogen-bond acceptors (Lipinski definition) is 3. The maximum absolute atomic E-state index is 5.02. The summed E-state index contributed by atoms with van der Waals surface area (Å²) in [6.07, 6.45) is 10.2. The molecule has 1 saturated carbocycles. The molecule has 1 saturated heterocycles. The van der Waals surface area contributed by atoms with Gasteiger partial charge in [-0.3, -0.25) is 0 Å². The molecule has 1 N–H and O–H groups in total. The lowest BCUT2D eigenvalue weighted by Crippen LogP contribution is -2.39. The normalized spacial score (nSPS) is 23.8. The van der Waals surface area contributed by atoms with Gasteiger partial charge in [0.1, 0.15) is 0 Å². The second-order valence-electron chi connectivity index (χ2n) is 6.15. The molecule has 0 bridgehead atoms. The number of nitrogens with one attached hydrogen (secondary N) is 1. The number of piperidine rings is 1. The van der Waals surface area contributed by atoms with Gasteiger partial charge in [0.25, 0.3) is 0 Å². The Balaban J connectivity index is 1.51. The summed E-state index contributed by atoms with van der Waals surface area (Å²) in [7, 11) is 1.76. The van der Waals surface area contributed by atoms with E-state index in [4.69, 9.17) is 4.74 Å². The van der Waals surface area contributed by atoms with Crippen molar-refractivity contribution in [1.29, 1.82) is 0 Å². The number of methoxy groups -OCH3 is 1. The van der Waals surface area contributed by atoms with Crippen LogP contribution in [0.4, 0.5) is 0 Å². The van der Waals surface area contributed by atoms with Gasteiger partial charge in [0.2, 0.25) is 0 Å². The highest BCUT2D eigenvalue weighted by atomic mass is 16.5. The van der Waals surface area contributed by atoms with Crippen LogP contribution in [0, 0.1) is 5.41 Å². The van der Waals surface area contributed by atoms with Crippen LogP contribution >= 0.6 is 0 Å². The summed E-state index contributed by atoms with van der Waals surface area (Å²) in [5.74, 6) is 0. The first kappa shape index (κ1) is 14.3. The minimum atomic E-state index is 0.771. The highest BCUT2D eigenvalue weighted by Gasteiger charge is 2.36. The summed E-state index contributed by atoms with van der Waals surface area (Å²) in [4.78, 5) is 2.67. The largest absolute Gasteiger partial charge is 0.383 e. The zero-order valence-corrected chi connectivity index (χ0v) is 12.0. The van der Waals surface area contributed by atoms with Crippen LogP contribution in [0.25, 0.3) is 0 Å². The maximum atomic E-state index is 5.02. The molecule has 2 fully saturated rings. The van der Waals surface area contributed by atoms with Crippen LogP contribution in [-0.2, 0) is 4.74 Å². The Morgan fingerprint density at radius 1 is 1.06 bits per heavy atom. The van der Waals surface area contributed by atoms with Crippen LogP contribution in [-0.4, -0.2) is 51.3 Å². The Hall–Kier alpha value is -0.120. The van der Waals surface area contributed by atoms with E-state index in [0.29, 0.717) is 0 Å². The van der Waals surface area contributed by atoms with E-state index in [9.17, 15) is 0 Å². The molecule has 1 aliphatic carbocycles. The molecule has 0 aromatic carbocycles. The average Bonchev–Trinajstić information content (AvgIpc) is 2.85. The average molecular weight is 254 g/mol. The lowest BCUT2D eigenvalue weighted by Gasteiger charge is -2.39. The summed E-state index contributed by atoms with van der Waals surface area (Å²) >= 11 is 0. The van der Waals surface area contributed by atoms with E-state index in [1.807, 2.05) is 0 Å². The first-order chi connectivity index (χ1) is 8.85. The SMILES string of the molecule is COCCNCCCN1CCC2(CCCC2)CC1. The van der Waals surface area contributed by atoms with Crippen molar-refractivity contribution in [1.82, 2.24) is 10.2 Å². The van der Waals surface area contributed by atoms with Crippen LogP contribution < -0.4 is 5.32 Å². The molecule has 18 heavy (non-hydrogen) atoms. The molecule has 0 unspecified atom stereocenters. The third-order valence-electron chi connectivity index (χ3n) is 4.89. The molecule has 2 aliphatic rings. The van der Waals surface area contributed by atoms with Gasteiger partial charge in [0.05, 0.1) is 6.61 Å². The molecule has 3 nitrogen and oxygen atoms in total. The van der Waals surface area contributed by atoms with E-state index in [-0.39, 0.29) is 0 Å². The molecular formula is C15H30N2O. The van der Waals surface area contributed by atoms with Crippen molar-refractivity contribution in [2.75, 3.05) is 46.4 Å². The van der Waals surface area contributed by atoms with E-state index in [1.165, 1.54) is 64.6 Å². The van der Waals surface area contributed by atoms with Gasteiger partial charge in [0, 0.05) is 13.7 Å². The highest BCUT2D eigenvalue weighted by Crippen LogP contribution is 2.45. The quantitative estimate of drug-likeness (QED) is 0.705. The summed E-state index contributed by atoms with van der Waals surface area (Å²) < 4.78 is 5.02. The van der Waals surface area contributed by atoms with Crippen molar-refractivity contribution in [2.24, 2.45) is 5.41 Å². The Morgan fingerprint density at radius 2 is 1.78 bits per heavy atom. The fourth-order valence-corrected chi connectivity index (χ4v) is 3.60. The predicted molar refractivity (Wildman–Crippen MR) is 75.9 cm³/mol. The molecule has 1 aliphatic heterocycles. The Morgan fingerprint density at radius 3 is 2.44 bits per heavy atom. The van der Waals surface area contributed by atoms with Gasteiger partial charge in [-0.25, -0.2) is 0 Å². The highest BCUT2D eigenvalue weighted by molar-refractivity contribution is 4.89. The topological polar surface area (TPSA) is 24.5 Å². The summed E-state index contributed by atoms with van der Waals surface area (Å²) in [6, 6.07) is 0. The number of hydrogen-bond donors (Lipinski definition) is 1. The maximum Gasteiger partial charge on any atom is 0.0587 e. The van der Waals surface area contributed by atoms with Gasteiger partial charge in [-0.1, -0.05) is 12.8 Å². The third-order valence-corrected chi connectivity index (χ3v) is 4.89. The zero-order chi connectivity index (χ0) is 12.7. The van der Waals surface area contributed by atoms with Gasteiger partial charge < -0.3 is 15.0 Å². The van der Waals surface area contributed by atoms with E-state index in [1.54, 1.807) is 7.11 Å². The van der Waals surface area contributed by atoms with Crippen LogP contribution in [0.15, 0.2) is 0 Å². The predicted octanol–water partition coefficient (Wildman–Crippen LogP) is 2.27. The zero-order valence-electron chi connectivity index (χ0n) is 12.0. The van der Waals surface area contributed by atoms with Crippen LogP contribution in [0.5, 0.6) is 0 Å². The fraction of sp³-hybridized carbons (Fsp3) is 1.00. The van der Waals surface area contributed by atoms with Gasteiger partial charge >= 0.3 is 0 Å². The molecule has 0 radical (unpaired) electrons. The third kappa shape index (κ3) is 4.22. The smallest absolute Gasteiger partial charge is 0.0587 e. The van der Waals surface area contributed by atoms with Crippen LogP contribution in [0.3, 0.4) is 0 Å². The number of rotatable bonds is 7. The van der Waals surface area contributed by atoms with Crippen LogP contribution in [0.2, 0.25) is 0 Å². The molecule has 0 amide bonds. The molecule has 0 aromatic heterocycles. The fourth-order valence-electron chi connectivity index (χ4n) is 3.60. The second kappa shape index (κ2) is 7.46. The van der Waals surface area contributed by atoms with Crippen molar-refractivity contribution in [2.45, 2.75) is 44.9 Å². The van der Waals surface area contributed by atoms with Crippen molar-refractivity contribution < 1.29 is 4.74 Å². The van der Waals surface area contributed by atoms with E-state index >= 15 is 0 Å². The Labute approximate surface area is 112 Å². The number of nitrogens with zero attached hydrogens (tertiary/aromatic N) is 1. The van der Waals surface area contributed by atoms with Crippen molar-refractivity contribution in [3.8, 4) is 0 Å². The molecule has 1 heterocycles. The van der Waals surface area contributed by atoms with Gasteiger partial charge in [-0.15, -0.1) is 0 Å². The first-order valence-electron chi connectivity index (χ1n) is 7.77. The molecule has 3 heteroatoms. The number of likely N-dealkylation sites (tertiary alicyclic amines) is 1. The van der Waals surface area contributed by atoms with Gasteiger partial charge in [-0.2, -0.15) is 0 Å². The Kier molecular flexibility index (Phi) is 5.93. The van der Waals surface area contributed by atoms with E-state index in [0.717, 1.165) is 25.1 Å². The molecule has 0 atom stereocenters. The standard InChI is InChI=1S/C15H30N2O/c1-18-14-10-16-9-4-11-17-12-7-15(8-13-17)5-2-3-6-15/h16H,2-14H2,1H3. The molecule has 1 spiro atoms. The van der Waals surface area contributed by atoms with Crippen molar-refractivity contribution >= 4 is 0 Å². The molecule has 2 rings (SSSR count). The van der Waals surface area contributed by atoms with Gasteiger partial charge in [-0.05, 0) is 63.7 Å². The monoisotopic (exact) mass is 254 g/mol. The second-order valence-corrected chi connectivity index (χ2v) is 6.15. The summed E-state index contributed by atoms with van der Waals surface area (Å²) in [5.41, 5.74) is 0.771. The summed E-state index contributed by atoms with van der Waals surface area (Å²) in [5, 5.41) is 3.42. The van der Waals surface area contributed by atoms with E-state index in [2.05, 4.69) is 10.2 Å². The van der Waals surface area contributed by atoms with Crippen LogP contribution in [0.1, 0.15) is 44.9 Å². The molecular weight excluding hydrogens is 224 g/mol.